The molecular weight excluding hydrogens is 490 g/mol. The number of amides is 2. The number of ether oxygens (including phenoxy) is 1. The number of carbonyl (C=O) groups is 2. The molecule has 0 fully saturated rings. The van der Waals surface area contributed by atoms with Gasteiger partial charge in [-0.1, -0.05) is 45.0 Å². The Morgan fingerprint density at radius 1 is 0.973 bits per heavy atom. The minimum atomic E-state index is -3.52. The molecule has 0 saturated heterocycles. The number of nitrogens with one attached hydrogen (secondary N) is 1. The third kappa shape index (κ3) is 9.39. The number of methoxy groups -OCH3 is 1. The van der Waals surface area contributed by atoms with Gasteiger partial charge in [-0.15, -0.1) is 0 Å². The number of aryl methyl sites for hydroxylation is 1. The summed E-state index contributed by atoms with van der Waals surface area (Å²) in [6.07, 6.45) is 2.46. The normalized spacial score (nSPS) is 12.2. The first-order chi connectivity index (χ1) is 17.5. The van der Waals surface area contributed by atoms with E-state index in [0.717, 1.165) is 17.5 Å². The summed E-state index contributed by atoms with van der Waals surface area (Å²) in [6, 6.07) is 14.1. The smallest absolute Gasteiger partial charge is 0.242 e. The first-order valence-electron chi connectivity index (χ1n) is 12.7. The van der Waals surface area contributed by atoms with Gasteiger partial charge in [-0.2, -0.15) is 0 Å². The molecule has 9 heteroatoms. The van der Waals surface area contributed by atoms with E-state index in [-0.39, 0.29) is 37.2 Å². The lowest BCUT2D eigenvalue weighted by atomic mass is 10.1. The molecule has 0 radical (unpaired) electrons. The Labute approximate surface area is 222 Å². The van der Waals surface area contributed by atoms with E-state index in [1.807, 2.05) is 57.2 Å². The van der Waals surface area contributed by atoms with Gasteiger partial charge in [-0.25, -0.2) is 8.42 Å². The number of carbonyl (C=O) groups excluding carboxylic acids is 2. The first-order valence-corrected chi connectivity index (χ1v) is 14.6. The molecule has 2 aromatic rings. The molecule has 2 rings (SSSR count). The average molecular weight is 532 g/mol. The van der Waals surface area contributed by atoms with E-state index in [2.05, 4.69) is 5.32 Å². The fraction of sp³-hybridized carbons (Fsp3) is 0.500. The lowest BCUT2D eigenvalue weighted by Gasteiger charge is -2.29. The van der Waals surface area contributed by atoms with E-state index in [4.69, 9.17) is 4.74 Å². The van der Waals surface area contributed by atoms with Crippen LogP contribution in [0.1, 0.15) is 51.7 Å². The molecule has 204 valence electrons. The molecule has 0 saturated carbocycles. The van der Waals surface area contributed by atoms with Crippen LogP contribution in [0, 0.1) is 5.92 Å². The Balaban J connectivity index is 2.15. The van der Waals surface area contributed by atoms with Crippen LogP contribution in [0.4, 0.5) is 5.69 Å². The molecule has 0 spiro atoms. The SMILES string of the molecule is CCc1ccc(N(CCCC(=O)N(Cc2ccc(OC)cc2)[C@@H](C)C(=O)NCC(C)C)S(C)(=O)=O)cc1. The Kier molecular flexibility index (Phi) is 11.4. The van der Waals surface area contributed by atoms with Crippen LogP contribution in [0.15, 0.2) is 48.5 Å². The Hall–Kier alpha value is -3.07. The van der Waals surface area contributed by atoms with Crippen molar-refractivity contribution in [3.8, 4) is 5.75 Å². The molecule has 0 aliphatic heterocycles. The Morgan fingerprint density at radius 2 is 1.57 bits per heavy atom. The van der Waals surface area contributed by atoms with Gasteiger partial charge in [0.2, 0.25) is 21.8 Å². The molecule has 2 aromatic carbocycles. The van der Waals surface area contributed by atoms with Gasteiger partial charge in [0.05, 0.1) is 19.1 Å². The zero-order valence-corrected chi connectivity index (χ0v) is 23.7. The maximum absolute atomic E-state index is 13.4. The standard InChI is InChI=1S/C28H41N3O5S/c1-7-23-10-14-25(15-11-23)31(37(6,34)35)18-8-9-27(32)30(22(4)28(33)29-19-21(2)3)20-24-12-16-26(36-5)17-13-24/h10-17,21-22H,7-9,18-20H2,1-6H3,(H,29,33)/t22-/m0/s1. The number of nitrogens with zero attached hydrogens (tertiary/aromatic N) is 2. The maximum atomic E-state index is 13.4. The second-order valence-electron chi connectivity index (χ2n) is 9.64. The van der Waals surface area contributed by atoms with Crippen LogP contribution in [-0.4, -0.2) is 57.6 Å². The van der Waals surface area contributed by atoms with Gasteiger partial charge in [0, 0.05) is 26.1 Å². The molecule has 2 amide bonds. The van der Waals surface area contributed by atoms with Crippen molar-refractivity contribution in [1.29, 1.82) is 0 Å². The molecule has 1 N–H and O–H groups in total. The minimum Gasteiger partial charge on any atom is -0.497 e. The number of anilines is 1. The van der Waals surface area contributed by atoms with E-state index in [9.17, 15) is 18.0 Å². The third-order valence-electron chi connectivity index (χ3n) is 6.15. The van der Waals surface area contributed by atoms with E-state index >= 15 is 0 Å². The van der Waals surface area contributed by atoms with Gasteiger partial charge in [0.1, 0.15) is 11.8 Å². The van der Waals surface area contributed by atoms with Crippen LogP contribution in [0.3, 0.4) is 0 Å². The van der Waals surface area contributed by atoms with Crippen molar-refractivity contribution in [2.75, 3.05) is 30.8 Å². The minimum absolute atomic E-state index is 0.108. The summed E-state index contributed by atoms with van der Waals surface area (Å²) in [4.78, 5) is 27.7. The Morgan fingerprint density at radius 3 is 2.08 bits per heavy atom. The zero-order chi connectivity index (χ0) is 27.6. The van der Waals surface area contributed by atoms with Crippen LogP contribution in [0.25, 0.3) is 0 Å². The Bertz CT molecular complexity index is 1120. The highest BCUT2D eigenvalue weighted by Gasteiger charge is 2.26. The number of hydrogen-bond donors (Lipinski definition) is 1. The molecule has 1 atom stereocenters. The highest BCUT2D eigenvalue weighted by atomic mass is 32.2. The summed E-state index contributed by atoms with van der Waals surface area (Å²) >= 11 is 0. The summed E-state index contributed by atoms with van der Waals surface area (Å²) in [7, 11) is -1.94. The van der Waals surface area contributed by atoms with Gasteiger partial charge < -0.3 is 15.0 Å². The van der Waals surface area contributed by atoms with Crippen LogP contribution in [0.5, 0.6) is 5.75 Å². The van der Waals surface area contributed by atoms with Crippen LogP contribution in [-0.2, 0) is 32.6 Å². The second kappa shape index (κ2) is 14.0. The summed E-state index contributed by atoms with van der Waals surface area (Å²) in [6.45, 7) is 8.72. The molecule has 37 heavy (non-hydrogen) atoms. The first kappa shape index (κ1) is 30.2. The van der Waals surface area contributed by atoms with E-state index < -0.39 is 16.1 Å². The molecule has 0 unspecified atom stereocenters. The molecule has 0 aromatic heterocycles. The van der Waals surface area contributed by atoms with Crippen molar-refractivity contribution in [2.24, 2.45) is 5.92 Å². The third-order valence-corrected chi connectivity index (χ3v) is 7.34. The van der Waals surface area contributed by atoms with E-state index in [0.29, 0.717) is 24.4 Å². The van der Waals surface area contributed by atoms with Crippen molar-refractivity contribution in [3.63, 3.8) is 0 Å². The van der Waals surface area contributed by atoms with Crippen molar-refractivity contribution >= 4 is 27.5 Å². The molecule has 0 bridgehead atoms. The van der Waals surface area contributed by atoms with Crippen molar-refractivity contribution in [1.82, 2.24) is 10.2 Å². The number of hydrogen-bond acceptors (Lipinski definition) is 5. The fourth-order valence-corrected chi connectivity index (χ4v) is 4.83. The predicted molar refractivity (Wildman–Crippen MR) is 148 cm³/mol. The van der Waals surface area contributed by atoms with Crippen molar-refractivity contribution < 1.29 is 22.7 Å². The summed E-state index contributed by atoms with van der Waals surface area (Å²) in [5, 5.41) is 2.91. The predicted octanol–water partition coefficient (Wildman–Crippen LogP) is 3.99. The number of benzene rings is 2. The molecule has 0 heterocycles. The number of sulfonamides is 1. The van der Waals surface area contributed by atoms with Gasteiger partial charge in [-0.3, -0.25) is 13.9 Å². The van der Waals surface area contributed by atoms with Gasteiger partial charge in [-0.05, 0) is 61.1 Å². The lowest BCUT2D eigenvalue weighted by molar-refractivity contribution is -0.140. The van der Waals surface area contributed by atoms with Gasteiger partial charge >= 0.3 is 0 Å². The summed E-state index contributed by atoms with van der Waals surface area (Å²) in [5.41, 5.74) is 2.56. The molecule has 0 aliphatic rings. The van der Waals surface area contributed by atoms with Crippen molar-refractivity contribution in [2.45, 2.75) is 59.5 Å². The van der Waals surface area contributed by atoms with E-state index in [1.54, 1.807) is 31.1 Å². The lowest BCUT2D eigenvalue weighted by Crippen LogP contribution is -2.48. The van der Waals surface area contributed by atoms with Crippen LogP contribution >= 0.6 is 0 Å². The highest BCUT2D eigenvalue weighted by Crippen LogP contribution is 2.20. The second-order valence-corrected chi connectivity index (χ2v) is 11.6. The van der Waals surface area contributed by atoms with Crippen LogP contribution in [0.2, 0.25) is 0 Å². The van der Waals surface area contributed by atoms with Gasteiger partial charge in [0.25, 0.3) is 0 Å². The topological polar surface area (TPSA) is 96.0 Å². The molecule has 8 nitrogen and oxygen atoms in total. The summed E-state index contributed by atoms with van der Waals surface area (Å²) in [5.74, 6) is 0.564. The maximum Gasteiger partial charge on any atom is 0.242 e. The van der Waals surface area contributed by atoms with Crippen molar-refractivity contribution in [3.05, 3.63) is 59.7 Å². The van der Waals surface area contributed by atoms with Crippen LogP contribution < -0.4 is 14.4 Å². The van der Waals surface area contributed by atoms with E-state index in [1.165, 1.54) is 10.6 Å². The quantitative estimate of drug-likeness (QED) is 0.398. The zero-order valence-electron chi connectivity index (χ0n) is 22.9. The fourth-order valence-electron chi connectivity index (χ4n) is 3.86. The summed E-state index contributed by atoms with van der Waals surface area (Å²) < 4.78 is 31.5. The number of rotatable bonds is 14. The molecule has 0 aliphatic carbocycles. The average Bonchev–Trinajstić information content (AvgIpc) is 2.87. The molecular formula is C28H41N3O5S. The monoisotopic (exact) mass is 531 g/mol. The highest BCUT2D eigenvalue weighted by molar-refractivity contribution is 7.92. The largest absolute Gasteiger partial charge is 0.497 e. The van der Waals surface area contributed by atoms with Gasteiger partial charge in [0.15, 0.2) is 0 Å².